The molecule has 0 saturated heterocycles. The molecule has 5 heteroatoms. The van der Waals surface area contributed by atoms with Crippen molar-refractivity contribution in [2.75, 3.05) is 0 Å². The summed E-state index contributed by atoms with van der Waals surface area (Å²) in [5.41, 5.74) is 2.46. The molecule has 19 heavy (non-hydrogen) atoms. The number of aromatic amines is 1. The Morgan fingerprint density at radius 3 is 3.00 bits per heavy atom. The Kier molecular flexibility index (Phi) is 2.43. The quantitative estimate of drug-likeness (QED) is 0.719. The molecule has 2 aromatic heterocycles. The highest BCUT2D eigenvalue weighted by molar-refractivity contribution is 5.82. The van der Waals surface area contributed by atoms with Gasteiger partial charge in [0.25, 0.3) is 5.56 Å². The first-order chi connectivity index (χ1) is 9.19. The van der Waals surface area contributed by atoms with E-state index >= 15 is 0 Å². The number of benzene rings is 1. The summed E-state index contributed by atoms with van der Waals surface area (Å²) in [6.07, 6.45) is 1.52. The monoisotopic (exact) mass is 251 g/mol. The van der Waals surface area contributed by atoms with Gasteiger partial charge in [0.15, 0.2) is 11.5 Å². The van der Waals surface area contributed by atoms with Crippen LogP contribution in [0.3, 0.4) is 0 Å². The molecule has 92 valence electrons. The molecule has 0 aliphatic rings. The molecular weight excluding hydrogens is 242 g/mol. The molecule has 1 N–H and O–H groups in total. The predicted molar refractivity (Wildman–Crippen MR) is 69.5 cm³/mol. The van der Waals surface area contributed by atoms with Crippen LogP contribution >= 0.6 is 0 Å². The summed E-state index contributed by atoms with van der Waals surface area (Å²) in [7, 11) is 0. The first-order valence-corrected chi connectivity index (χ1v) is 5.68. The highest BCUT2D eigenvalue weighted by atomic mass is 16.3. The summed E-state index contributed by atoms with van der Waals surface area (Å²) in [6, 6.07) is 9.03. The number of oxazole rings is 1. The van der Waals surface area contributed by atoms with Crippen molar-refractivity contribution in [1.29, 1.82) is 5.26 Å². The third-order valence-corrected chi connectivity index (χ3v) is 2.88. The molecule has 0 aliphatic carbocycles. The van der Waals surface area contributed by atoms with Gasteiger partial charge in [0.1, 0.15) is 17.1 Å². The lowest BCUT2D eigenvalue weighted by atomic mass is 10.0. The van der Waals surface area contributed by atoms with Gasteiger partial charge in [-0.2, -0.15) is 5.26 Å². The summed E-state index contributed by atoms with van der Waals surface area (Å²) < 4.78 is 5.40. The van der Waals surface area contributed by atoms with Crippen molar-refractivity contribution in [2.45, 2.75) is 6.92 Å². The molecule has 0 amide bonds. The molecule has 0 bridgehead atoms. The zero-order chi connectivity index (χ0) is 13.4. The number of aromatic nitrogens is 2. The van der Waals surface area contributed by atoms with E-state index in [9.17, 15) is 4.79 Å². The summed E-state index contributed by atoms with van der Waals surface area (Å²) in [5.74, 6) is 0.582. The van der Waals surface area contributed by atoms with Crippen molar-refractivity contribution in [3.05, 3.63) is 52.3 Å². The van der Waals surface area contributed by atoms with Crippen molar-refractivity contribution < 1.29 is 4.42 Å². The average Bonchev–Trinajstić information content (AvgIpc) is 2.77. The standard InChI is InChI=1S/C14H9N3O2/c1-8-17-12-6-9(2-3-13(12)19-8)10-4-5-16-14(18)11(10)7-15/h2-6H,1H3,(H,16,18). The van der Waals surface area contributed by atoms with Gasteiger partial charge in [-0.05, 0) is 23.8 Å². The summed E-state index contributed by atoms with van der Waals surface area (Å²) in [6.45, 7) is 1.77. The minimum absolute atomic E-state index is 0.0991. The number of aryl methyl sites for hydroxylation is 1. The average molecular weight is 251 g/mol. The second kappa shape index (κ2) is 4.10. The lowest BCUT2D eigenvalue weighted by Crippen LogP contribution is -2.10. The fourth-order valence-corrected chi connectivity index (χ4v) is 2.04. The molecule has 5 nitrogen and oxygen atoms in total. The SMILES string of the molecule is Cc1nc2cc(-c3cc[nH]c(=O)c3C#N)ccc2o1. The highest BCUT2D eigenvalue weighted by Crippen LogP contribution is 2.25. The first kappa shape index (κ1) is 11.2. The maximum Gasteiger partial charge on any atom is 0.266 e. The second-order valence-electron chi connectivity index (χ2n) is 4.12. The molecule has 0 radical (unpaired) electrons. The van der Waals surface area contributed by atoms with Gasteiger partial charge in [0.2, 0.25) is 0 Å². The molecule has 0 unspecified atom stereocenters. The van der Waals surface area contributed by atoms with Crippen LogP contribution in [0.1, 0.15) is 11.5 Å². The van der Waals surface area contributed by atoms with Crippen LogP contribution in [0.2, 0.25) is 0 Å². The normalized spacial score (nSPS) is 10.5. The number of nitrogens with one attached hydrogen (secondary N) is 1. The minimum atomic E-state index is -0.392. The van der Waals surface area contributed by atoms with E-state index in [4.69, 9.17) is 9.68 Å². The zero-order valence-corrected chi connectivity index (χ0v) is 10.1. The summed E-state index contributed by atoms with van der Waals surface area (Å²) in [4.78, 5) is 18.3. The Balaban J connectivity index is 2.28. The zero-order valence-electron chi connectivity index (χ0n) is 10.1. The van der Waals surface area contributed by atoms with Gasteiger partial charge >= 0.3 is 0 Å². The van der Waals surface area contributed by atoms with Crippen molar-refractivity contribution in [3.8, 4) is 17.2 Å². The van der Waals surface area contributed by atoms with Crippen LogP contribution in [0, 0.1) is 18.3 Å². The number of pyridine rings is 1. The van der Waals surface area contributed by atoms with Crippen LogP contribution in [0.25, 0.3) is 22.2 Å². The maximum absolute atomic E-state index is 11.6. The van der Waals surface area contributed by atoms with E-state index in [1.54, 1.807) is 25.1 Å². The largest absolute Gasteiger partial charge is 0.441 e. The van der Waals surface area contributed by atoms with E-state index in [1.807, 2.05) is 12.1 Å². The van der Waals surface area contributed by atoms with E-state index in [1.165, 1.54) is 6.20 Å². The van der Waals surface area contributed by atoms with Crippen LogP contribution in [-0.2, 0) is 0 Å². The van der Waals surface area contributed by atoms with E-state index in [0.29, 0.717) is 22.6 Å². The van der Waals surface area contributed by atoms with Gasteiger partial charge in [-0.15, -0.1) is 0 Å². The molecule has 3 aromatic rings. The maximum atomic E-state index is 11.6. The van der Waals surface area contributed by atoms with Crippen LogP contribution in [0.15, 0.2) is 39.7 Å². The number of fused-ring (bicyclic) bond motifs is 1. The van der Waals surface area contributed by atoms with Gasteiger partial charge < -0.3 is 9.40 Å². The van der Waals surface area contributed by atoms with Crippen molar-refractivity contribution in [1.82, 2.24) is 9.97 Å². The molecule has 3 rings (SSSR count). The van der Waals surface area contributed by atoms with Crippen LogP contribution in [0.4, 0.5) is 0 Å². The fourth-order valence-electron chi connectivity index (χ4n) is 2.04. The lowest BCUT2D eigenvalue weighted by Gasteiger charge is -2.02. The molecule has 2 heterocycles. The second-order valence-corrected chi connectivity index (χ2v) is 4.12. The van der Waals surface area contributed by atoms with Gasteiger partial charge in [-0.25, -0.2) is 4.98 Å². The molecule has 0 atom stereocenters. The van der Waals surface area contributed by atoms with Gasteiger partial charge in [-0.1, -0.05) is 6.07 Å². The Morgan fingerprint density at radius 2 is 2.21 bits per heavy atom. The Bertz CT molecular complexity index is 868. The molecule has 0 fully saturated rings. The van der Waals surface area contributed by atoms with Gasteiger partial charge in [0.05, 0.1) is 0 Å². The molecule has 0 spiro atoms. The molecular formula is C14H9N3O2. The van der Waals surface area contributed by atoms with E-state index in [0.717, 1.165) is 5.56 Å². The van der Waals surface area contributed by atoms with Gasteiger partial charge in [-0.3, -0.25) is 4.79 Å². The number of nitriles is 1. The Labute approximate surface area is 108 Å². The lowest BCUT2D eigenvalue weighted by molar-refractivity contribution is 0.561. The van der Waals surface area contributed by atoms with Crippen LogP contribution in [0.5, 0.6) is 0 Å². The third-order valence-electron chi connectivity index (χ3n) is 2.88. The molecule has 1 aromatic carbocycles. The predicted octanol–water partition coefficient (Wildman–Crippen LogP) is 2.36. The number of hydrogen-bond donors (Lipinski definition) is 1. The van der Waals surface area contributed by atoms with E-state index in [2.05, 4.69) is 9.97 Å². The smallest absolute Gasteiger partial charge is 0.266 e. The molecule has 0 saturated carbocycles. The highest BCUT2D eigenvalue weighted by Gasteiger charge is 2.10. The Morgan fingerprint density at radius 1 is 1.37 bits per heavy atom. The molecule has 0 aliphatic heterocycles. The third kappa shape index (κ3) is 1.79. The van der Waals surface area contributed by atoms with E-state index in [-0.39, 0.29) is 5.56 Å². The Hall–Kier alpha value is -2.87. The van der Waals surface area contributed by atoms with Crippen LogP contribution < -0.4 is 5.56 Å². The first-order valence-electron chi connectivity index (χ1n) is 5.68. The van der Waals surface area contributed by atoms with Crippen molar-refractivity contribution in [2.24, 2.45) is 0 Å². The number of hydrogen-bond acceptors (Lipinski definition) is 4. The summed E-state index contributed by atoms with van der Waals surface area (Å²) >= 11 is 0. The number of rotatable bonds is 1. The van der Waals surface area contributed by atoms with Crippen LogP contribution in [-0.4, -0.2) is 9.97 Å². The number of nitrogens with zero attached hydrogens (tertiary/aromatic N) is 2. The number of H-pyrrole nitrogens is 1. The van der Waals surface area contributed by atoms with Crippen molar-refractivity contribution in [3.63, 3.8) is 0 Å². The van der Waals surface area contributed by atoms with E-state index < -0.39 is 5.56 Å². The topological polar surface area (TPSA) is 82.7 Å². The fraction of sp³-hybridized carbons (Fsp3) is 0.0714. The summed E-state index contributed by atoms with van der Waals surface area (Å²) in [5, 5.41) is 9.07. The van der Waals surface area contributed by atoms with Gasteiger partial charge in [0, 0.05) is 18.7 Å². The van der Waals surface area contributed by atoms with Crippen molar-refractivity contribution >= 4 is 11.1 Å². The minimum Gasteiger partial charge on any atom is -0.441 e.